The molecular weight excluding hydrogens is 242 g/mol. The second-order valence-corrected chi connectivity index (χ2v) is 6.57. The number of benzene rings is 1. The summed E-state index contributed by atoms with van der Waals surface area (Å²) < 4.78 is 5.74. The Hall–Kier alpha value is -0.670. The van der Waals surface area contributed by atoms with Crippen molar-refractivity contribution in [1.29, 1.82) is 0 Å². The molecule has 0 saturated heterocycles. The van der Waals surface area contributed by atoms with Crippen molar-refractivity contribution in [3.63, 3.8) is 0 Å². The standard InChI is InChI=1S/C15H25NOS/c1-11(2)17-14-8-6-7-13(9-14)15(16-5)10-18-12(3)4/h6-9,11-12,15-16H,10H2,1-5H3. The van der Waals surface area contributed by atoms with Gasteiger partial charge in [0.15, 0.2) is 0 Å². The minimum Gasteiger partial charge on any atom is -0.491 e. The highest BCUT2D eigenvalue weighted by Crippen LogP contribution is 2.24. The number of rotatable bonds is 7. The van der Waals surface area contributed by atoms with Crippen LogP contribution in [0.25, 0.3) is 0 Å². The van der Waals surface area contributed by atoms with Crippen molar-refractivity contribution < 1.29 is 4.74 Å². The Morgan fingerprint density at radius 2 is 1.94 bits per heavy atom. The molecule has 0 fully saturated rings. The lowest BCUT2D eigenvalue weighted by atomic mass is 10.1. The quantitative estimate of drug-likeness (QED) is 0.810. The van der Waals surface area contributed by atoms with Crippen molar-refractivity contribution in [2.75, 3.05) is 12.8 Å². The van der Waals surface area contributed by atoms with E-state index in [0.717, 1.165) is 11.5 Å². The normalized spacial score (nSPS) is 13.1. The number of ether oxygens (including phenoxy) is 1. The van der Waals surface area contributed by atoms with Crippen LogP contribution < -0.4 is 10.1 Å². The van der Waals surface area contributed by atoms with Crippen LogP contribution in [-0.4, -0.2) is 24.2 Å². The average Bonchev–Trinajstić information content (AvgIpc) is 2.29. The SMILES string of the molecule is CNC(CSC(C)C)c1cccc(OC(C)C)c1. The Balaban J connectivity index is 2.72. The number of nitrogens with one attached hydrogen (secondary N) is 1. The number of thioether (sulfide) groups is 1. The highest BCUT2D eigenvalue weighted by molar-refractivity contribution is 7.99. The molecule has 3 heteroatoms. The zero-order valence-corrected chi connectivity index (χ0v) is 12.9. The summed E-state index contributed by atoms with van der Waals surface area (Å²) in [5.41, 5.74) is 1.30. The fourth-order valence-corrected chi connectivity index (χ4v) is 2.65. The lowest BCUT2D eigenvalue weighted by Crippen LogP contribution is -2.19. The minimum absolute atomic E-state index is 0.221. The van der Waals surface area contributed by atoms with Crippen LogP contribution in [0.15, 0.2) is 24.3 Å². The summed E-state index contributed by atoms with van der Waals surface area (Å²) in [5, 5.41) is 4.04. The molecule has 0 aliphatic rings. The fourth-order valence-electron chi connectivity index (χ4n) is 1.71. The highest BCUT2D eigenvalue weighted by atomic mass is 32.2. The summed E-state index contributed by atoms with van der Waals surface area (Å²) in [6, 6.07) is 8.77. The first-order valence-electron chi connectivity index (χ1n) is 6.58. The maximum atomic E-state index is 5.74. The predicted octanol–water partition coefficient (Wildman–Crippen LogP) is 3.88. The Bertz CT molecular complexity index is 352. The molecule has 1 aromatic rings. The lowest BCUT2D eigenvalue weighted by molar-refractivity contribution is 0.242. The molecule has 2 nitrogen and oxygen atoms in total. The molecule has 0 amide bonds. The van der Waals surface area contributed by atoms with E-state index in [-0.39, 0.29) is 6.10 Å². The van der Waals surface area contributed by atoms with Crippen molar-refractivity contribution in [2.45, 2.75) is 45.1 Å². The summed E-state index contributed by atoms with van der Waals surface area (Å²) in [6.45, 7) is 8.57. The first-order chi connectivity index (χ1) is 8.52. The maximum absolute atomic E-state index is 5.74. The third-order valence-electron chi connectivity index (χ3n) is 2.58. The van der Waals surface area contributed by atoms with Crippen molar-refractivity contribution in [1.82, 2.24) is 5.32 Å². The highest BCUT2D eigenvalue weighted by Gasteiger charge is 2.11. The molecule has 0 aromatic heterocycles. The van der Waals surface area contributed by atoms with Gasteiger partial charge in [-0.25, -0.2) is 0 Å². The number of hydrogen-bond acceptors (Lipinski definition) is 3. The van der Waals surface area contributed by atoms with Gasteiger partial charge < -0.3 is 10.1 Å². The van der Waals surface area contributed by atoms with Gasteiger partial charge in [0.1, 0.15) is 5.75 Å². The second-order valence-electron chi connectivity index (χ2n) is 4.96. The third-order valence-corrected chi connectivity index (χ3v) is 3.77. The van der Waals surface area contributed by atoms with E-state index < -0.39 is 0 Å². The Morgan fingerprint density at radius 1 is 1.22 bits per heavy atom. The van der Waals surface area contributed by atoms with E-state index >= 15 is 0 Å². The van der Waals surface area contributed by atoms with Crippen LogP contribution in [-0.2, 0) is 0 Å². The van der Waals surface area contributed by atoms with E-state index in [1.807, 2.05) is 24.9 Å². The van der Waals surface area contributed by atoms with Gasteiger partial charge in [-0.1, -0.05) is 26.0 Å². The van der Waals surface area contributed by atoms with Crippen LogP contribution in [0.1, 0.15) is 39.3 Å². The molecule has 0 aliphatic heterocycles. The summed E-state index contributed by atoms with van der Waals surface area (Å²) in [7, 11) is 2.02. The van der Waals surface area contributed by atoms with Crippen LogP contribution in [0.3, 0.4) is 0 Å². The molecule has 0 bridgehead atoms. The zero-order chi connectivity index (χ0) is 13.5. The molecule has 1 rings (SSSR count). The summed E-state index contributed by atoms with van der Waals surface area (Å²) in [4.78, 5) is 0. The van der Waals surface area contributed by atoms with Gasteiger partial charge in [0.2, 0.25) is 0 Å². The molecule has 0 radical (unpaired) electrons. The largest absolute Gasteiger partial charge is 0.491 e. The van der Waals surface area contributed by atoms with E-state index in [0.29, 0.717) is 11.3 Å². The van der Waals surface area contributed by atoms with Crippen molar-refractivity contribution in [2.24, 2.45) is 0 Å². The maximum Gasteiger partial charge on any atom is 0.120 e. The molecular formula is C15H25NOS. The van der Waals surface area contributed by atoms with Gasteiger partial charge in [-0.2, -0.15) is 11.8 Å². The molecule has 0 saturated carbocycles. The lowest BCUT2D eigenvalue weighted by Gasteiger charge is -2.19. The summed E-state index contributed by atoms with van der Waals surface area (Å²) in [5.74, 6) is 2.04. The fraction of sp³-hybridized carbons (Fsp3) is 0.600. The van der Waals surface area contributed by atoms with Gasteiger partial charge in [0, 0.05) is 11.8 Å². The molecule has 1 atom stereocenters. The average molecular weight is 267 g/mol. The van der Waals surface area contributed by atoms with E-state index in [4.69, 9.17) is 4.74 Å². The topological polar surface area (TPSA) is 21.3 Å². The first-order valence-corrected chi connectivity index (χ1v) is 7.63. The molecule has 0 aliphatic carbocycles. The predicted molar refractivity (Wildman–Crippen MR) is 81.6 cm³/mol. The van der Waals surface area contributed by atoms with Gasteiger partial charge in [0.05, 0.1) is 6.10 Å². The van der Waals surface area contributed by atoms with Gasteiger partial charge in [-0.15, -0.1) is 0 Å². The Morgan fingerprint density at radius 3 is 2.50 bits per heavy atom. The van der Waals surface area contributed by atoms with Gasteiger partial charge in [-0.3, -0.25) is 0 Å². The third kappa shape index (κ3) is 5.32. The minimum atomic E-state index is 0.221. The van der Waals surface area contributed by atoms with Crippen LogP contribution in [0.4, 0.5) is 0 Å². The Labute approximate surface area is 116 Å². The van der Waals surface area contributed by atoms with E-state index in [9.17, 15) is 0 Å². The van der Waals surface area contributed by atoms with Crippen molar-refractivity contribution >= 4 is 11.8 Å². The molecule has 1 N–H and O–H groups in total. The molecule has 0 heterocycles. The van der Waals surface area contributed by atoms with Crippen LogP contribution in [0.2, 0.25) is 0 Å². The van der Waals surface area contributed by atoms with E-state index in [1.54, 1.807) is 0 Å². The van der Waals surface area contributed by atoms with Gasteiger partial charge in [-0.05, 0) is 43.8 Å². The molecule has 0 spiro atoms. The van der Waals surface area contributed by atoms with E-state index in [2.05, 4.69) is 51.2 Å². The monoisotopic (exact) mass is 267 g/mol. The molecule has 102 valence electrons. The van der Waals surface area contributed by atoms with Crippen molar-refractivity contribution in [3.05, 3.63) is 29.8 Å². The van der Waals surface area contributed by atoms with Gasteiger partial charge in [0.25, 0.3) is 0 Å². The summed E-state index contributed by atoms with van der Waals surface area (Å²) in [6.07, 6.45) is 0.221. The first kappa shape index (κ1) is 15.4. The second kappa shape index (κ2) is 7.70. The zero-order valence-electron chi connectivity index (χ0n) is 12.1. The Kier molecular flexibility index (Phi) is 6.58. The number of hydrogen-bond donors (Lipinski definition) is 1. The van der Waals surface area contributed by atoms with E-state index in [1.165, 1.54) is 5.56 Å². The summed E-state index contributed by atoms with van der Waals surface area (Å²) >= 11 is 1.98. The van der Waals surface area contributed by atoms with Crippen LogP contribution in [0, 0.1) is 0 Å². The van der Waals surface area contributed by atoms with Crippen LogP contribution in [0.5, 0.6) is 5.75 Å². The van der Waals surface area contributed by atoms with Crippen molar-refractivity contribution in [3.8, 4) is 5.75 Å². The molecule has 1 unspecified atom stereocenters. The van der Waals surface area contributed by atoms with Crippen LogP contribution >= 0.6 is 11.8 Å². The molecule has 18 heavy (non-hydrogen) atoms. The molecule has 1 aromatic carbocycles. The van der Waals surface area contributed by atoms with Gasteiger partial charge >= 0.3 is 0 Å². The smallest absolute Gasteiger partial charge is 0.120 e.